The summed E-state index contributed by atoms with van der Waals surface area (Å²) >= 11 is 0. The van der Waals surface area contributed by atoms with Crippen LogP contribution in [0, 0.1) is 0 Å². The SMILES string of the molecule is NC(=O)c1cccc(N2CCCC2=O)c1.[HH]. The minimum atomic E-state index is -0.469. The predicted molar refractivity (Wildman–Crippen MR) is 58.7 cm³/mol. The summed E-state index contributed by atoms with van der Waals surface area (Å²) in [6.07, 6.45) is 1.46. The lowest BCUT2D eigenvalue weighted by molar-refractivity contribution is -0.117. The average molecular weight is 206 g/mol. The third-order valence-corrected chi connectivity index (χ3v) is 2.52. The summed E-state index contributed by atoms with van der Waals surface area (Å²) in [5.74, 6) is -0.361. The molecule has 0 atom stereocenters. The average Bonchev–Trinajstić information content (AvgIpc) is 2.64. The largest absolute Gasteiger partial charge is 0.366 e. The highest BCUT2D eigenvalue weighted by molar-refractivity contribution is 5.98. The maximum absolute atomic E-state index is 11.5. The highest BCUT2D eigenvalue weighted by Gasteiger charge is 2.21. The molecule has 2 rings (SSSR count). The molecule has 0 spiro atoms. The van der Waals surface area contributed by atoms with Gasteiger partial charge in [0.15, 0.2) is 0 Å². The number of anilines is 1. The second kappa shape index (κ2) is 3.73. The van der Waals surface area contributed by atoms with Gasteiger partial charge in [-0.2, -0.15) is 0 Å². The summed E-state index contributed by atoms with van der Waals surface area (Å²) in [4.78, 5) is 24.1. The zero-order valence-electron chi connectivity index (χ0n) is 8.27. The van der Waals surface area contributed by atoms with E-state index in [9.17, 15) is 9.59 Å². The van der Waals surface area contributed by atoms with E-state index < -0.39 is 5.91 Å². The van der Waals surface area contributed by atoms with Gasteiger partial charge in [0.1, 0.15) is 0 Å². The van der Waals surface area contributed by atoms with Crippen molar-refractivity contribution in [3.05, 3.63) is 29.8 Å². The van der Waals surface area contributed by atoms with Crippen molar-refractivity contribution in [2.75, 3.05) is 11.4 Å². The van der Waals surface area contributed by atoms with E-state index in [0.29, 0.717) is 12.0 Å². The molecule has 1 aliphatic rings. The Morgan fingerprint density at radius 3 is 2.87 bits per heavy atom. The summed E-state index contributed by atoms with van der Waals surface area (Å²) < 4.78 is 0. The van der Waals surface area contributed by atoms with E-state index in [4.69, 9.17) is 5.73 Å². The fourth-order valence-corrected chi connectivity index (χ4v) is 1.75. The molecular weight excluding hydrogens is 192 g/mol. The fourth-order valence-electron chi connectivity index (χ4n) is 1.75. The van der Waals surface area contributed by atoms with Crippen LogP contribution in [0.5, 0.6) is 0 Å². The Bertz CT molecular complexity index is 420. The van der Waals surface area contributed by atoms with Crippen molar-refractivity contribution in [3.63, 3.8) is 0 Å². The van der Waals surface area contributed by atoms with E-state index in [2.05, 4.69) is 0 Å². The lowest BCUT2D eigenvalue weighted by Crippen LogP contribution is -2.24. The third-order valence-electron chi connectivity index (χ3n) is 2.52. The molecule has 15 heavy (non-hydrogen) atoms. The number of nitrogens with zero attached hydrogens (tertiary/aromatic N) is 1. The van der Waals surface area contributed by atoms with E-state index in [-0.39, 0.29) is 7.33 Å². The lowest BCUT2D eigenvalue weighted by Gasteiger charge is -2.15. The first-order chi connectivity index (χ1) is 7.18. The van der Waals surface area contributed by atoms with Crippen LogP contribution in [0.25, 0.3) is 0 Å². The molecule has 0 bridgehead atoms. The number of hydrogen-bond acceptors (Lipinski definition) is 2. The van der Waals surface area contributed by atoms with E-state index in [0.717, 1.165) is 18.7 Å². The maximum atomic E-state index is 11.5. The van der Waals surface area contributed by atoms with Crippen LogP contribution >= 0.6 is 0 Å². The van der Waals surface area contributed by atoms with Crippen molar-refractivity contribution >= 4 is 17.5 Å². The van der Waals surface area contributed by atoms with Gasteiger partial charge in [0.2, 0.25) is 11.8 Å². The Hall–Kier alpha value is -1.84. The van der Waals surface area contributed by atoms with Crippen LogP contribution in [0.1, 0.15) is 24.6 Å². The first-order valence-electron chi connectivity index (χ1n) is 4.89. The van der Waals surface area contributed by atoms with Crippen LogP contribution in [0.2, 0.25) is 0 Å². The Kier molecular flexibility index (Phi) is 2.41. The van der Waals surface area contributed by atoms with Crippen molar-refractivity contribution in [2.24, 2.45) is 5.73 Å². The summed E-state index contributed by atoms with van der Waals surface area (Å²) in [7, 11) is 0. The summed E-state index contributed by atoms with van der Waals surface area (Å²) in [6, 6.07) is 6.86. The van der Waals surface area contributed by atoms with E-state index >= 15 is 0 Å². The molecule has 0 radical (unpaired) electrons. The van der Waals surface area contributed by atoms with Gasteiger partial charge >= 0.3 is 0 Å². The van der Waals surface area contributed by atoms with E-state index in [1.807, 2.05) is 6.07 Å². The maximum Gasteiger partial charge on any atom is 0.248 e. The van der Waals surface area contributed by atoms with Crippen LogP contribution in [0.4, 0.5) is 5.69 Å². The Labute approximate surface area is 89.2 Å². The normalized spacial score (nSPS) is 15.7. The smallest absolute Gasteiger partial charge is 0.248 e. The molecule has 1 fully saturated rings. The standard InChI is InChI=1S/C11H12N2O2.H2/c12-11(15)8-3-1-4-9(7-8)13-6-2-5-10(13)14;/h1,3-4,7H,2,5-6H2,(H2,12,15);1H. The van der Waals surface area contributed by atoms with Crippen LogP contribution in [0.15, 0.2) is 24.3 Å². The molecular formula is C11H14N2O2. The Morgan fingerprint density at radius 1 is 1.47 bits per heavy atom. The molecule has 0 aromatic heterocycles. The first-order valence-corrected chi connectivity index (χ1v) is 4.89. The number of carbonyl (C=O) groups is 2. The highest BCUT2D eigenvalue weighted by Crippen LogP contribution is 2.21. The van der Waals surface area contributed by atoms with Gasteiger partial charge in [0.25, 0.3) is 0 Å². The van der Waals surface area contributed by atoms with Gasteiger partial charge in [-0.3, -0.25) is 9.59 Å². The Morgan fingerprint density at radius 2 is 2.27 bits per heavy atom. The van der Waals surface area contributed by atoms with Crippen LogP contribution in [-0.4, -0.2) is 18.4 Å². The first kappa shape index (κ1) is 9.71. The second-order valence-corrected chi connectivity index (χ2v) is 3.56. The molecule has 1 aromatic rings. The van der Waals surface area contributed by atoms with Gasteiger partial charge in [-0.1, -0.05) is 6.07 Å². The fraction of sp³-hybridized carbons (Fsp3) is 0.273. The topological polar surface area (TPSA) is 63.4 Å². The van der Waals surface area contributed by atoms with Gasteiger partial charge in [-0.25, -0.2) is 0 Å². The molecule has 1 saturated heterocycles. The molecule has 0 saturated carbocycles. The van der Waals surface area contributed by atoms with Crippen LogP contribution < -0.4 is 10.6 Å². The van der Waals surface area contributed by atoms with Crippen molar-refractivity contribution in [1.82, 2.24) is 0 Å². The van der Waals surface area contributed by atoms with Gasteiger partial charge < -0.3 is 10.6 Å². The third kappa shape index (κ3) is 1.83. The highest BCUT2D eigenvalue weighted by atomic mass is 16.2. The zero-order chi connectivity index (χ0) is 10.8. The number of amides is 2. The van der Waals surface area contributed by atoms with Gasteiger partial charge in [-0.05, 0) is 24.6 Å². The Balaban J connectivity index is 0.00000128. The number of carbonyl (C=O) groups excluding carboxylic acids is 2. The molecule has 2 N–H and O–H groups in total. The van der Waals surface area contributed by atoms with Crippen molar-refractivity contribution < 1.29 is 11.0 Å². The molecule has 0 aliphatic carbocycles. The lowest BCUT2D eigenvalue weighted by atomic mass is 10.2. The number of rotatable bonds is 2. The van der Waals surface area contributed by atoms with Crippen molar-refractivity contribution in [1.29, 1.82) is 0 Å². The predicted octanol–water partition coefficient (Wildman–Crippen LogP) is 1.16. The van der Waals surface area contributed by atoms with Crippen LogP contribution in [-0.2, 0) is 4.79 Å². The molecule has 2 amide bonds. The number of primary amides is 1. The van der Waals surface area contributed by atoms with E-state index in [1.54, 1.807) is 23.1 Å². The number of benzene rings is 1. The van der Waals surface area contributed by atoms with Gasteiger partial charge in [0, 0.05) is 25.6 Å². The quantitative estimate of drug-likeness (QED) is 0.789. The number of hydrogen-bond donors (Lipinski definition) is 1. The van der Waals surface area contributed by atoms with Crippen molar-refractivity contribution in [3.8, 4) is 0 Å². The van der Waals surface area contributed by atoms with Gasteiger partial charge in [-0.15, -0.1) is 0 Å². The summed E-state index contributed by atoms with van der Waals surface area (Å²) in [6.45, 7) is 0.723. The minimum absolute atomic E-state index is 0. The molecule has 80 valence electrons. The summed E-state index contributed by atoms with van der Waals surface area (Å²) in [5, 5.41) is 0. The summed E-state index contributed by atoms with van der Waals surface area (Å²) in [5.41, 5.74) is 6.37. The van der Waals surface area contributed by atoms with Gasteiger partial charge in [0.05, 0.1) is 0 Å². The molecule has 0 unspecified atom stereocenters. The monoisotopic (exact) mass is 206 g/mol. The molecule has 1 aliphatic heterocycles. The molecule has 4 heteroatoms. The molecule has 1 heterocycles. The number of nitrogens with two attached hydrogens (primary N) is 1. The zero-order valence-corrected chi connectivity index (χ0v) is 8.27. The minimum Gasteiger partial charge on any atom is -0.366 e. The molecule has 4 nitrogen and oxygen atoms in total. The van der Waals surface area contributed by atoms with E-state index in [1.165, 1.54) is 0 Å². The van der Waals surface area contributed by atoms with Crippen LogP contribution in [0.3, 0.4) is 0 Å². The van der Waals surface area contributed by atoms with Crippen molar-refractivity contribution in [2.45, 2.75) is 12.8 Å². The second-order valence-electron chi connectivity index (χ2n) is 3.56. The molecule has 1 aromatic carbocycles.